The molecule has 0 radical (unpaired) electrons. The minimum absolute atomic E-state index is 0.0456. The highest BCUT2D eigenvalue weighted by molar-refractivity contribution is 5.85. The summed E-state index contributed by atoms with van der Waals surface area (Å²) in [6, 6.07) is 5.18. The molecule has 0 unspecified atom stereocenters. The first-order valence-corrected chi connectivity index (χ1v) is 5.19. The van der Waals surface area contributed by atoms with Gasteiger partial charge < -0.3 is 15.1 Å². The molecular formula is C11H14N2O3. The standard InChI is InChI=1S/C11H14N2O3/c1-13(7-5-8(14)6-7)10-4-2-3-9(12-10)11(15)16/h2-4,7-8,14H,5-6H2,1H3,(H,15,16). The van der Waals surface area contributed by atoms with Crippen molar-refractivity contribution in [1.29, 1.82) is 0 Å². The Balaban J connectivity index is 2.14. The van der Waals surface area contributed by atoms with E-state index in [4.69, 9.17) is 5.11 Å². The number of pyridine rings is 1. The summed E-state index contributed by atoms with van der Waals surface area (Å²) in [5.74, 6) is -0.388. The number of rotatable bonds is 3. The number of aromatic carboxylic acids is 1. The zero-order chi connectivity index (χ0) is 11.7. The van der Waals surface area contributed by atoms with E-state index in [-0.39, 0.29) is 17.8 Å². The van der Waals surface area contributed by atoms with Crippen LogP contribution in [0.2, 0.25) is 0 Å². The molecular weight excluding hydrogens is 208 g/mol. The van der Waals surface area contributed by atoms with Gasteiger partial charge in [0.15, 0.2) is 5.69 Å². The van der Waals surface area contributed by atoms with Gasteiger partial charge in [0, 0.05) is 13.1 Å². The lowest BCUT2D eigenvalue weighted by Gasteiger charge is -2.39. The number of carbonyl (C=O) groups is 1. The zero-order valence-electron chi connectivity index (χ0n) is 9.00. The Morgan fingerprint density at radius 1 is 1.50 bits per heavy atom. The average Bonchev–Trinajstić information content (AvgIpc) is 2.24. The Morgan fingerprint density at radius 2 is 2.19 bits per heavy atom. The molecule has 1 aromatic heterocycles. The number of carboxylic acids is 1. The van der Waals surface area contributed by atoms with Crippen LogP contribution in [0.25, 0.3) is 0 Å². The van der Waals surface area contributed by atoms with Gasteiger partial charge >= 0.3 is 5.97 Å². The highest BCUT2D eigenvalue weighted by Gasteiger charge is 2.31. The molecule has 1 aliphatic carbocycles. The molecule has 0 atom stereocenters. The van der Waals surface area contributed by atoms with Crippen molar-refractivity contribution in [1.82, 2.24) is 4.98 Å². The van der Waals surface area contributed by atoms with Crippen LogP contribution in [0.15, 0.2) is 18.2 Å². The van der Waals surface area contributed by atoms with Crippen LogP contribution in [0.5, 0.6) is 0 Å². The molecule has 0 aromatic carbocycles. The van der Waals surface area contributed by atoms with E-state index in [0.717, 1.165) is 12.8 Å². The van der Waals surface area contributed by atoms with E-state index in [1.807, 2.05) is 11.9 Å². The molecule has 0 amide bonds. The third-order valence-electron chi connectivity index (χ3n) is 2.95. The highest BCUT2D eigenvalue weighted by atomic mass is 16.4. The van der Waals surface area contributed by atoms with Crippen molar-refractivity contribution in [2.75, 3.05) is 11.9 Å². The van der Waals surface area contributed by atoms with E-state index >= 15 is 0 Å². The van der Waals surface area contributed by atoms with Crippen LogP contribution in [-0.2, 0) is 0 Å². The third-order valence-corrected chi connectivity index (χ3v) is 2.95. The summed E-state index contributed by atoms with van der Waals surface area (Å²) in [7, 11) is 1.87. The summed E-state index contributed by atoms with van der Waals surface area (Å²) in [6.07, 6.45) is 1.21. The Hall–Kier alpha value is -1.62. The van der Waals surface area contributed by atoms with Crippen molar-refractivity contribution < 1.29 is 15.0 Å². The Kier molecular flexibility index (Phi) is 2.78. The average molecular weight is 222 g/mol. The third kappa shape index (κ3) is 1.99. The predicted octanol–water partition coefficient (Wildman–Crippen LogP) is 0.739. The maximum absolute atomic E-state index is 10.8. The molecule has 1 saturated carbocycles. The van der Waals surface area contributed by atoms with Crippen LogP contribution in [0.3, 0.4) is 0 Å². The molecule has 1 heterocycles. The number of hydrogen-bond acceptors (Lipinski definition) is 4. The molecule has 1 aromatic rings. The van der Waals surface area contributed by atoms with Crippen molar-refractivity contribution in [3.05, 3.63) is 23.9 Å². The van der Waals surface area contributed by atoms with Gasteiger partial charge in [0.2, 0.25) is 0 Å². The number of hydrogen-bond donors (Lipinski definition) is 2. The first-order valence-electron chi connectivity index (χ1n) is 5.19. The molecule has 0 bridgehead atoms. The molecule has 5 nitrogen and oxygen atoms in total. The van der Waals surface area contributed by atoms with Gasteiger partial charge in [0.25, 0.3) is 0 Å². The molecule has 2 N–H and O–H groups in total. The highest BCUT2D eigenvalue weighted by Crippen LogP contribution is 2.27. The summed E-state index contributed by atoms with van der Waals surface area (Å²) >= 11 is 0. The van der Waals surface area contributed by atoms with Crippen molar-refractivity contribution in [2.45, 2.75) is 25.0 Å². The van der Waals surface area contributed by atoms with Gasteiger partial charge in [-0.15, -0.1) is 0 Å². The first kappa shape index (κ1) is 10.9. The van der Waals surface area contributed by atoms with E-state index in [9.17, 15) is 9.90 Å². The molecule has 16 heavy (non-hydrogen) atoms. The molecule has 0 aliphatic heterocycles. The lowest BCUT2D eigenvalue weighted by Crippen LogP contribution is -2.45. The van der Waals surface area contributed by atoms with Crippen molar-refractivity contribution in [2.24, 2.45) is 0 Å². The maximum Gasteiger partial charge on any atom is 0.354 e. The van der Waals surface area contributed by atoms with Crippen LogP contribution in [0, 0.1) is 0 Å². The van der Waals surface area contributed by atoms with Gasteiger partial charge in [0.05, 0.1) is 6.10 Å². The lowest BCUT2D eigenvalue weighted by molar-refractivity contribution is 0.0686. The fraction of sp³-hybridized carbons (Fsp3) is 0.455. The number of aliphatic hydroxyl groups excluding tert-OH is 1. The molecule has 86 valence electrons. The largest absolute Gasteiger partial charge is 0.477 e. The van der Waals surface area contributed by atoms with E-state index < -0.39 is 5.97 Å². The van der Waals surface area contributed by atoms with Crippen LogP contribution in [-0.4, -0.2) is 40.4 Å². The minimum Gasteiger partial charge on any atom is -0.477 e. The van der Waals surface area contributed by atoms with Crippen molar-refractivity contribution in [3.8, 4) is 0 Å². The van der Waals surface area contributed by atoms with Crippen LogP contribution in [0.4, 0.5) is 5.82 Å². The number of aromatic nitrogens is 1. The Labute approximate surface area is 93.3 Å². The van der Waals surface area contributed by atoms with E-state index in [1.54, 1.807) is 12.1 Å². The van der Waals surface area contributed by atoms with Gasteiger partial charge in [-0.05, 0) is 25.0 Å². The lowest BCUT2D eigenvalue weighted by atomic mass is 9.88. The summed E-state index contributed by atoms with van der Waals surface area (Å²) in [6.45, 7) is 0. The predicted molar refractivity (Wildman–Crippen MR) is 58.6 cm³/mol. The minimum atomic E-state index is -1.02. The number of nitrogens with zero attached hydrogens (tertiary/aromatic N) is 2. The van der Waals surface area contributed by atoms with Gasteiger partial charge in [-0.3, -0.25) is 0 Å². The monoisotopic (exact) mass is 222 g/mol. The van der Waals surface area contributed by atoms with Gasteiger partial charge in [-0.25, -0.2) is 9.78 Å². The molecule has 0 saturated heterocycles. The van der Waals surface area contributed by atoms with E-state index in [2.05, 4.69) is 4.98 Å². The quantitative estimate of drug-likeness (QED) is 0.789. The zero-order valence-corrected chi connectivity index (χ0v) is 9.00. The SMILES string of the molecule is CN(c1cccc(C(=O)O)n1)C1CC(O)C1. The van der Waals surface area contributed by atoms with Gasteiger partial charge in [-0.1, -0.05) is 6.07 Å². The van der Waals surface area contributed by atoms with Crippen LogP contribution >= 0.6 is 0 Å². The normalized spacial score (nSPS) is 23.6. The number of carboxylic acid groups (broad SMARTS) is 1. The topological polar surface area (TPSA) is 73.7 Å². The Bertz CT molecular complexity index is 402. The second-order valence-electron chi connectivity index (χ2n) is 4.08. The Morgan fingerprint density at radius 3 is 2.75 bits per heavy atom. The molecule has 0 spiro atoms. The van der Waals surface area contributed by atoms with Crippen LogP contribution in [0.1, 0.15) is 23.3 Å². The first-order chi connectivity index (χ1) is 7.58. The molecule has 2 rings (SSSR count). The fourth-order valence-electron chi connectivity index (χ4n) is 1.80. The maximum atomic E-state index is 10.8. The smallest absolute Gasteiger partial charge is 0.354 e. The molecule has 5 heteroatoms. The second kappa shape index (κ2) is 4.09. The summed E-state index contributed by atoms with van der Waals surface area (Å²) < 4.78 is 0. The summed E-state index contributed by atoms with van der Waals surface area (Å²) in [5.41, 5.74) is 0.0456. The van der Waals surface area contributed by atoms with Crippen molar-refractivity contribution in [3.63, 3.8) is 0 Å². The molecule has 1 aliphatic rings. The van der Waals surface area contributed by atoms with E-state index in [1.165, 1.54) is 6.07 Å². The number of anilines is 1. The van der Waals surface area contributed by atoms with Gasteiger partial charge in [-0.2, -0.15) is 0 Å². The summed E-state index contributed by atoms with van der Waals surface area (Å²) in [5, 5.41) is 18.0. The number of aliphatic hydroxyl groups is 1. The summed E-state index contributed by atoms with van der Waals surface area (Å²) in [4.78, 5) is 16.7. The fourth-order valence-corrected chi connectivity index (χ4v) is 1.80. The second-order valence-corrected chi connectivity index (χ2v) is 4.08. The molecule has 1 fully saturated rings. The van der Waals surface area contributed by atoms with Crippen LogP contribution < -0.4 is 4.90 Å². The van der Waals surface area contributed by atoms with E-state index in [0.29, 0.717) is 5.82 Å². The van der Waals surface area contributed by atoms with Crippen molar-refractivity contribution >= 4 is 11.8 Å². The van der Waals surface area contributed by atoms with Gasteiger partial charge in [0.1, 0.15) is 5.82 Å².